The summed E-state index contributed by atoms with van der Waals surface area (Å²) in [5.74, 6) is 0.730. The van der Waals surface area contributed by atoms with Gasteiger partial charge in [0.15, 0.2) is 0 Å². The number of hydrogen-bond acceptors (Lipinski definition) is 2. The van der Waals surface area contributed by atoms with Crippen molar-refractivity contribution in [2.24, 2.45) is 0 Å². The molecular formula is C13H11Cl2NO. The maximum absolute atomic E-state index is 6.04. The van der Waals surface area contributed by atoms with E-state index in [4.69, 9.17) is 33.7 Å². The molecule has 0 aliphatic heterocycles. The molecule has 0 amide bonds. The van der Waals surface area contributed by atoms with Crippen LogP contribution in [0.25, 0.3) is 0 Å². The Labute approximate surface area is 110 Å². The van der Waals surface area contributed by atoms with Gasteiger partial charge in [0.25, 0.3) is 0 Å². The SMILES string of the molecule is Nc1cccc(Cl)c1COc1ccc(Cl)cc1. The number of benzene rings is 2. The summed E-state index contributed by atoms with van der Waals surface area (Å²) < 4.78 is 5.59. The van der Waals surface area contributed by atoms with Crippen LogP contribution >= 0.6 is 23.2 Å². The predicted octanol–water partition coefficient (Wildman–Crippen LogP) is 4.15. The summed E-state index contributed by atoms with van der Waals surface area (Å²) >= 11 is 11.8. The summed E-state index contributed by atoms with van der Waals surface area (Å²) in [6.45, 7) is 0.340. The fourth-order valence-electron chi connectivity index (χ4n) is 1.41. The molecule has 0 atom stereocenters. The van der Waals surface area contributed by atoms with Crippen LogP contribution in [0, 0.1) is 0 Å². The highest BCUT2D eigenvalue weighted by molar-refractivity contribution is 6.31. The van der Waals surface area contributed by atoms with E-state index in [1.54, 1.807) is 36.4 Å². The maximum atomic E-state index is 6.04. The van der Waals surface area contributed by atoms with Gasteiger partial charge in [-0.3, -0.25) is 0 Å². The van der Waals surface area contributed by atoms with Gasteiger partial charge < -0.3 is 10.5 Å². The largest absolute Gasteiger partial charge is 0.489 e. The Hall–Kier alpha value is -1.38. The third-order valence-electron chi connectivity index (χ3n) is 2.35. The molecule has 4 heteroatoms. The van der Waals surface area contributed by atoms with Gasteiger partial charge in [-0.1, -0.05) is 29.3 Å². The van der Waals surface area contributed by atoms with E-state index < -0.39 is 0 Å². The lowest BCUT2D eigenvalue weighted by Crippen LogP contribution is -2.00. The van der Waals surface area contributed by atoms with E-state index in [-0.39, 0.29) is 0 Å². The van der Waals surface area contributed by atoms with E-state index in [0.29, 0.717) is 22.3 Å². The number of ether oxygens (including phenoxy) is 1. The summed E-state index contributed by atoms with van der Waals surface area (Å²) in [7, 11) is 0. The summed E-state index contributed by atoms with van der Waals surface area (Å²) in [5, 5.41) is 1.29. The molecule has 0 saturated heterocycles. The number of hydrogen-bond donors (Lipinski definition) is 1. The van der Waals surface area contributed by atoms with Gasteiger partial charge in [-0.2, -0.15) is 0 Å². The maximum Gasteiger partial charge on any atom is 0.119 e. The van der Waals surface area contributed by atoms with Crippen LogP contribution in [0.15, 0.2) is 42.5 Å². The molecule has 0 unspecified atom stereocenters. The van der Waals surface area contributed by atoms with Crippen LogP contribution in [-0.4, -0.2) is 0 Å². The van der Waals surface area contributed by atoms with Crippen molar-refractivity contribution in [2.45, 2.75) is 6.61 Å². The van der Waals surface area contributed by atoms with Gasteiger partial charge in [-0.15, -0.1) is 0 Å². The first-order chi connectivity index (χ1) is 8.16. The smallest absolute Gasteiger partial charge is 0.119 e. The zero-order chi connectivity index (χ0) is 12.3. The van der Waals surface area contributed by atoms with Crippen molar-refractivity contribution in [1.82, 2.24) is 0 Å². The molecule has 0 saturated carbocycles. The second-order valence-electron chi connectivity index (χ2n) is 3.55. The first-order valence-corrected chi connectivity index (χ1v) is 5.83. The third-order valence-corrected chi connectivity index (χ3v) is 2.96. The molecule has 0 heterocycles. The van der Waals surface area contributed by atoms with Crippen molar-refractivity contribution in [3.63, 3.8) is 0 Å². The van der Waals surface area contributed by atoms with E-state index in [9.17, 15) is 0 Å². The topological polar surface area (TPSA) is 35.2 Å². The Bertz CT molecular complexity index is 491. The summed E-state index contributed by atoms with van der Waals surface area (Å²) in [4.78, 5) is 0. The van der Waals surface area contributed by atoms with Crippen molar-refractivity contribution in [1.29, 1.82) is 0 Å². The molecular weight excluding hydrogens is 257 g/mol. The lowest BCUT2D eigenvalue weighted by Gasteiger charge is -2.10. The Balaban J connectivity index is 2.10. The van der Waals surface area contributed by atoms with Crippen molar-refractivity contribution in [2.75, 3.05) is 5.73 Å². The van der Waals surface area contributed by atoms with Gasteiger partial charge in [0.1, 0.15) is 12.4 Å². The van der Waals surface area contributed by atoms with Crippen molar-refractivity contribution >= 4 is 28.9 Å². The molecule has 2 rings (SSSR count). The standard InChI is InChI=1S/C13H11Cl2NO/c14-9-4-6-10(7-5-9)17-8-11-12(15)2-1-3-13(11)16/h1-7H,8,16H2. The van der Waals surface area contributed by atoms with Crippen LogP contribution in [0.5, 0.6) is 5.75 Å². The monoisotopic (exact) mass is 267 g/mol. The fraction of sp³-hybridized carbons (Fsp3) is 0.0769. The predicted molar refractivity (Wildman–Crippen MR) is 71.6 cm³/mol. The second kappa shape index (κ2) is 5.30. The Morgan fingerprint density at radius 1 is 1.00 bits per heavy atom. The lowest BCUT2D eigenvalue weighted by molar-refractivity contribution is 0.307. The molecule has 0 bridgehead atoms. The highest BCUT2D eigenvalue weighted by atomic mass is 35.5. The van der Waals surface area contributed by atoms with Crippen LogP contribution in [0.3, 0.4) is 0 Å². The average Bonchev–Trinajstić information content (AvgIpc) is 2.31. The molecule has 0 radical (unpaired) electrons. The normalized spacial score (nSPS) is 10.2. The van der Waals surface area contributed by atoms with Gasteiger partial charge in [0.05, 0.1) is 0 Å². The summed E-state index contributed by atoms with van der Waals surface area (Å²) in [6, 6.07) is 12.5. The molecule has 2 N–H and O–H groups in total. The number of rotatable bonds is 3. The molecule has 2 aromatic rings. The van der Waals surface area contributed by atoms with Crippen LogP contribution in [0.4, 0.5) is 5.69 Å². The van der Waals surface area contributed by atoms with Gasteiger partial charge in [0, 0.05) is 21.3 Å². The second-order valence-corrected chi connectivity index (χ2v) is 4.39. The number of nitrogens with two attached hydrogens (primary N) is 1. The quantitative estimate of drug-likeness (QED) is 0.848. The highest BCUT2D eigenvalue weighted by Gasteiger charge is 2.05. The zero-order valence-electron chi connectivity index (χ0n) is 8.99. The Morgan fingerprint density at radius 3 is 2.35 bits per heavy atom. The lowest BCUT2D eigenvalue weighted by atomic mass is 10.2. The molecule has 0 fully saturated rings. The number of halogens is 2. The molecule has 0 spiro atoms. The minimum absolute atomic E-state index is 0.340. The number of nitrogen functional groups attached to an aromatic ring is 1. The van der Waals surface area contributed by atoms with E-state index >= 15 is 0 Å². The zero-order valence-corrected chi connectivity index (χ0v) is 10.5. The average molecular weight is 268 g/mol. The van der Waals surface area contributed by atoms with E-state index in [1.165, 1.54) is 0 Å². The van der Waals surface area contributed by atoms with Crippen LogP contribution in [-0.2, 0) is 6.61 Å². The molecule has 2 aromatic carbocycles. The molecule has 88 valence electrons. The first kappa shape index (κ1) is 12.1. The molecule has 2 nitrogen and oxygen atoms in total. The van der Waals surface area contributed by atoms with Gasteiger partial charge in [-0.25, -0.2) is 0 Å². The van der Waals surface area contributed by atoms with Gasteiger partial charge >= 0.3 is 0 Å². The van der Waals surface area contributed by atoms with Crippen LogP contribution < -0.4 is 10.5 Å². The molecule has 0 aromatic heterocycles. The Kier molecular flexibility index (Phi) is 3.77. The fourth-order valence-corrected chi connectivity index (χ4v) is 1.78. The highest BCUT2D eigenvalue weighted by Crippen LogP contribution is 2.24. The molecule has 17 heavy (non-hydrogen) atoms. The summed E-state index contributed by atoms with van der Waals surface area (Å²) in [6.07, 6.45) is 0. The van der Waals surface area contributed by atoms with Crippen molar-refractivity contribution in [3.8, 4) is 5.75 Å². The van der Waals surface area contributed by atoms with Crippen molar-refractivity contribution < 1.29 is 4.74 Å². The Morgan fingerprint density at radius 2 is 1.71 bits per heavy atom. The van der Waals surface area contributed by atoms with E-state index in [0.717, 1.165) is 11.3 Å². The minimum atomic E-state index is 0.340. The first-order valence-electron chi connectivity index (χ1n) is 5.08. The third kappa shape index (κ3) is 3.05. The summed E-state index contributed by atoms with van der Waals surface area (Å²) in [5.41, 5.74) is 7.25. The van der Waals surface area contributed by atoms with Crippen LogP contribution in [0.1, 0.15) is 5.56 Å². The van der Waals surface area contributed by atoms with E-state index in [2.05, 4.69) is 0 Å². The van der Waals surface area contributed by atoms with E-state index in [1.807, 2.05) is 6.07 Å². The minimum Gasteiger partial charge on any atom is -0.489 e. The molecule has 0 aliphatic rings. The number of anilines is 1. The molecule has 0 aliphatic carbocycles. The van der Waals surface area contributed by atoms with Gasteiger partial charge in [-0.05, 0) is 36.4 Å². The van der Waals surface area contributed by atoms with Gasteiger partial charge in [0.2, 0.25) is 0 Å². The van der Waals surface area contributed by atoms with Crippen molar-refractivity contribution in [3.05, 3.63) is 58.1 Å². The van der Waals surface area contributed by atoms with Crippen LogP contribution in [0.2, 0.25) is 10.0 Å².